The van der Waals surface area contributed by atoms with Crippen molar-refractivity contribution in [2.24, 2.45) is 0 Å². The molecule has 6 nitrogen and oxygen atoms in total. The van der Waals surface area contributed by atoms with Gasteiger partial charge in [-0.05, 0) is 37.9 Å². The van der Waals surface area contributed by atoms with Crippen LogP contribution in [0.3, 0.4) is 0 Å². The van der Waals surface area contributed by atoms with E-state index in [0.717, 1.165) is 42.4 Å². The lowest BCUT2D eigenvalue weighted by Gasteiger charge is -2.26. The van der Waals surface area contributed by atoms with Crippen molar-refractivity contribution in [3.8, 4) is 0 Å². The molecule has 25 heavy (non-hydrogen) atoms. The van der Waals surface area contributed by atoms with E-state index >= 15 is 0 Å². The SMILES string of the molecule is CCc1c(N[C@H]2CCCNC2)nn2ccnc2c1Nc1ccccc1. The zero-order valence-electron chi connectivity index (χ0n) is 14.5. The minimum Gasteiger partial charge on any atom is -0.364 e. The van der Waals surface area contributed by atoms with E-state index < -0.39 is 0 Å². The molecule has 1 aliphatic heterocycles. The quantitative estimate of drug-likeness (QED) is 0.668. The van der Waals surface area contributed by atoms with Gasteiger partial charge in [-0.15, -0.1) is 5.10 Å². The van der Waals surface area contributed by atoms with Crippen molar-refractivity contribution in [1.29, 1.82) is 0 Å². The molecule has 1 saturated heterocycles. The Morgan fingerprint density at radius 1 is 1.28 bits per heavy atom. The molecule has 130 valence electrons. The summed E-state index contributed by atoms with van der Waals surface area (Å²) in [7, 11) is 0. The van der Waals surface area contributed by atoms with Crippen molar-refractivity contribution in [3.63, 3.8) is 0 Å². The lowest BCUT2D eigenvalue weighted by atomic mass is 10.1. The summed E-state index contributed by atoms with van der Waals surface area (Å²) in [4.78, 5) is 4.51. The Labute approximate surface area is 147 Å². The summed E-state index contributed by atoms with van der Waals surface area (Å²) in [6.07, 6.45) is 6.94. The first-order valence-corrected chi connectivity index (χ1v) is 9.00. The van der Waals surface area contributed by atoms with Crippen molar-refractivity contribution < 1.29 is 0 Å². The van der Waals surface area contributed by atoms with Gasteiger partial charge in [-0.25, -0.2) is 9.50 Å². The maximum atomic E-state index is 4.78. The maximum absolute atomic E-state index is 4.78. The highest BCUT2D eigenvalue weighted by molar-refractivity contribution is 5.80. The van der Waals surface area contributed by atoms with Gasteiger partial charge in [0.1, 0.15) is 0 Å². The molecule has 3 heterocycles. The normalized spacial score (nSPS) is 17.6. The van der Waals surface area contributed by atoms with Gasteiger partial charge < -0.3 is 16.0 Å². The molecule has 0 spiro atoms. The third kappa shape index (κ3) is 3.30. The summed E-state index contributed by atoms with van der Waals surface area (Å²) in [6, 6.07) is 10.6. The molecule has 0 aliphatic carbocycles. The Morgan fingerprint density at radius 2 is 2.16 bits per heavy atom. The number of nitrogens with one attached hydrogen (secondary N) is 3. The third-order valence-corrected chi connectivity index (χ3v) is 4.68. The topological polar surface area (TPSA) is 66.3 Å². The van der Waals surface area contributed by atoms with Gasteiger partial charge in [0.15, 0.2) is 11.5 Å². The second-order valence-corrected chi connectivity index (χ2v) is 6.43. The molecule has 4 rings (SSSR count). The zero-order valence-corrected chi connectivity index (χ0v) is 14.5. The van der Waals surface area contributed by atoms with Crippen LogP contribution in [0.5, 0.6) is 0 Å². The van der Waals surface area contributed by atoms with Crippen LogP contribution in [0.2, 0.25) is 0 Å². The van der Waals surface area contributed by atoms with Crippen LogP contribution in [-0.2, 0) is 6.42 Å². The van der Waals surface area contributed by atoms with Crippen LogP contribution < -0.4 is 16.0 Å². The minimum atomic E-state index is 0.414. The number of aromatic nitrogens is 3. The molecule has 2 aromatic heterocycles. The molecule has 0 saturated carbocycles. The fraction of sp³-hybridized carbons (Fsp3) is 0.368. The maximum Gasteiger partial charge on any atom is 0.177 e. The second kappa shape index (κ2) is 7.11. The average molecular weight is 336 g/mol. The number of imidazole rings is 1. The highest BCUT2D eigenvalue weighted by Crippen LogP contribution is 2.30. The van der Waals surface area contributed by atoms with Gasteiger partial charge in [-0.3, -0.25) is 0 Å². The van der Waals surface area contributed by atoms with Crippen LogP contribution in [0.1, 0.15) is 25.3 Å². The van der Waals surface area contributed by atoms with E-state index in [0.29, 0.717) is 6.04 Å². The summed E-state index contributed by atoms with van der Waals surface area (Å²) >= 11 is 0. The monoisotopic (exact) mass is 336 g/mol. The first-order valence-electron chi connectivity index (χ1n) is 9.00. The van der Waals surface area contributed by atoms with Crippen LogP contribution in [0.15, 0.2) is 42.7 Å². The number of fused-ring (bicyclic) bond motifs is 1. The standard InChI is InChI=1S/C19H24N6/c1-2-16-17(22-14-7-4-3-5-8-14)19-21-11-12-25(19)24-18(16)23-15-9-6-10-20-13-15/h3-5,7-8,11-12,15,20,22H,2,6,9-10,13H2,1H3,(H,23,24)/t15-/m0/s1. The van der Waals surface area contributed by atoms with Crippen LogP contribution in [0.4, 0.5) is 17.2 Å². The largest absolute Gasteiger partial charge is 0.364 e. The number of anilines is 3. The van der Waals surface area contributed by atoms with Gasteiger partial charge in [0, 0.05) is 36.2 Å². The fourth-order valence-electron chi connectivity index (χ4n) is 3.40. The Hall–Kier alpha value is -2.60. The van der Waals surface area contributed by atoms with Crippen molar-refractivity contribution in [2.45, 2.75) is 32.2 Å². The molecular weight excluding hydrogens is 312 g/mol. The number of hydrogen-bond acceptors (Lipinski definition) is 5. The summed E-state index contributed by atoms with van der Waals surface area (Å²) in [6.45, 7) is 4.25. The predicted molar refractivity (Wildman–Crippen MR) is 102 cm³/mol. The van der Waals surface area contributed by atoms with E-state index in [4.69, 9.17) is 5.10 Å². The molecule has 0 radical (unpaired) electrons. The first-order chi connectivity index (χ1) is 12.3. The molecule has 0 unspecified atom stereocenters. The molecule has 1 aromatic carbocycles. The number of nitrogens with zero attached hydrogens (tertiary/aromatic N) is 3. The van der Waals surface area contributed by atoms with Crippen LogP contribution >= 0.6 is 0 Å². The highest BCUT2D eigenvalue weighted by Gasteiger charge is 2.19. The molecular formula is C19H24N6. The van der Waals surface area contributed by atoms with E-state index in [2.05, 4.69) is 40.0 Å². The number of para-hydroxylation sites is 1. The Balaban J connectivity index is 1.75. The Kier molecular flexibility index (Phi) is 4.52. The van der Waals surface area contributed by atoms with Gasteiger partial charge >= 0.3 is 0 Å². The summed E-state index contributed by atoms with van der Waals surface area (Å²) in [5.41, 5.74) is 4.11. The van der Waals surface area contributed by atoms with Gasteiger partial charge in [0.2, 0.25) is 0 Å². The van der Waals surface area contributed by atoms with Crippen LogP contribution in [0, 0.1) is 0 Å². The van der Waals surface area contributed by atoms with Gasteiger partial charge in [-0.1, -0.05) is 25.1 Å². The Morgan fingerprint density at radius 3 is 2.92 bits per heavy atom. The first kappa shape index (κ1) is 15.9. The molecule has 6 heteroatoms. The number of piperidine rings is 1. The molecule has 1 atom stereocenters. The van der Waals surface area contributed by atoms with E-state index in [1.165, 1.54) is 18.4 Å². The van der Waals surface area contributed by atoms with E-state index in [-0.39, 0.29) is 0 Å². The van der Waals surface area contributed by atoms with Crippen molar-refractivity contribution in [2.75, 3.05) is 23.7 Å². The summed E-state index contributed by atoms with van der Waals surface area (Å²) in [5, 5.41) is 15.4. The minimum absolute atomic E-state index is 0.414. The third-order valence-electron chi connectivity index (χ3n) is 4.68. The average Bonchev–Trinajstić information content (AvgIpc) is 3.12. The van der Waals surface area contributed by atoms with E-state index in [1.807, 2.05) is 28.9 Å². The number of hydrogen-bond donors (Lipinski definition) is 3. The fourth-order valence-corrected chi connectivity index (χ4v) is 3.40. The lowest BCUT2D eigenvalue weighted by molar-refractivity contribution is 0.478. The number of rotatable bonds is 5. The van der Waals surface area contributed by atoms with Crippen LogP contribution in [0.25, 0.3) is 5.65 Å². The molecule has 1 aliphatic rings. The summed E-state index contributed by atoms with van der Waals surface area (Å²) in [5.74, 6) is 0.945. The van der Waals surface area contributed by atoms with Gasteiger partial charge in [0.05, 0.1) is 5.69 Å². The van der Waals surface area contributed by atoms with E-state index in [1.54, 1.807) is 6.20 Å². The Bertz CT molecular complexity index is 836. The number of benzene rings is 1. The molecule has 0 bridgehead atoms. The molecule has 0 amide bonds. The van der Waals surface area contributed by atoms with E-state index in [9.17, 15) is 0 Å². The molecule has 3 N–H and O–H groups in total. The van der Waals surface area contributed by atoms with Crippen LogP contribution in [-0.4, -0.2) is 33.7 Å². The molecule has 1 fully saturated rings. The highest BCUT2D eigenvalue weighted by atomic mass is 15.3. The molecule has 3 aromatic rings. The van der Waals surface area contributed by atoms with Crippen molar-refractivity contribution in [1.82, 2.24) is 19.9 Å². The second-order valence-electron chi connectivity index (χ2n) is 6.43. The van der Waals surface area contributed by atoms with Gasteiger partial charge in [0.25, 0.3) is 0 Å². The zero-order chi connectivity index (χ0) is 17.1. The van der Waals surface area contributed by atoms with Crippen molar-refractivity contribution in [3.05, 3.63) is 48.3 Å². The van der Waals surface area contributed by atoms with Crippen molar-refractivity contribution >= 4 is 22.8 Å². The van der Waals surface area contributed by atoms with Gasteiger partial charge in [-0.2, -0.15) is 0 Å². The summed E-state index contributed by atoms with van der Waals surface area (Å²) < 4.78 is 1.85. The predicted octanol–water partition coefficient (Wildman–Crippen LogP) is 3.20. The lowest BCUT2D eigenvalue weighted by Crippen LogP contribution is -2.39. The smallest absolute Gasteiger partial charge is 0.177 e.